The van der Waals surface area contributed by atoms with Crippen molar-refractivity contribution < 1.29 is 13.9 Å². The van der Waals surface area contributed by atoms with E-state index in [9.17, 15) is 9.18 Å². The zero-order chi connectivity index (χ0) is 15.8. The highest BCUT2D eigenvalue weighted by Crippen LogP contribution is 2.26. The van der Waals surface area contributed by atoms with Crippen LogP contribution in [0.2, 0.25) is 0 Å². The first kappa shape index (κ1) is 19.7. The predicted molar refractivity (Wildman–Crippen MR) is 91.3 cm³/mol. The molecular weight excluding hydrogens is 319 g/mol. The maximum absolute atomic E-state index is 12.8. The summed E-state index contributed by atoms with van der Waals surface area (Å²) in [5.41, 5.74) is 5.80. The van der Waals surface area contributed by atoms with Gasteiger partial charge in [0.25, 0.3) is 0 Å². The van der Waals surface area contributed by atoms with Crippen LogP contribution >= 0.6 is 12.4 Å². The SMILES string of the molecule is Cl.NCC(NC(=O)CCOc1ccc(F)cc1)C1CCCCC1. The van der Waals surface area contributed by atoms with E-state index in [-0.39, 0.29) is 43.2 Å². The molecule has 23 heavy (non-hydrogen) atoms. The number of hydrogen-bond donors (Lipinski definition) is 2. The smallest absolute Gasteiger partial charge is 0.223 e. The average molecular weight is 345 g/mol. The van der Waals surface area contributed by atoms with Gasteiger partial charge < -0.3 is 15.8 Å². The Morgan fingerprint density at radius 2 is 1.91 bits per heavy atom. The number of nitrogens with two attached hydrogens (primary N) is 1. The van der Waals surface area contributed by atoms with Crippen LogP contribution in [0.25, 0.3) is 0 Å². The molecule has 1 fully saturated rings. The molecule has 130 valence electrons. The van der Waals surface area contributed by atoms with Crippen LogP contribution < -0.4 is 15.8 Å². The molecule has 0 heterocycles. The van der Waals surface area contributed by atoms with Crippen molar-refractivity contribution in [3.05, 3.63) is 30.1 Å². The van der Waals surface area contributed by atoms with Gasteiger partial charge in [-0.1, -0.05) is 19.3 Å². The van der Waals surface area contributed by atoms with E-state index >= 15 is 0 Å². The fourth-order valence-electron chi connectivity index (χ4n) is 2.98. The summed E-state index contributed by atoms with van der Waals surface area (Å²) < 4.78 is 18.2. The molecule has 4 nitrogen and oxygen atoms in total. The standard InChI is InChI=1S/C17H25FN2O2.ClH/c18-14-6-8-15(9-7-14)22-11-10-17(21)20-16(12-19)13-4-2-1-3-5-13;/h6-9,13,16H,1-5,10-12,19H2,(H,20,21);1H. The van der Waals surface area contributed by atoms with E-state index < -0.39 is 0 Å². The third-order valence-electron chi connectivity index (χ3n) is 4.23. The Balaban J connectivity index is 0.00000264. The lowest BCUT2D eigenvalue weighted by Gasteiger charge is -2.30. The molecule has 1 amide bonds. The molecule has 1 saturated carbocycles. The van der Waals surface area contributed by atoms with Crippen molar-refractivity contribution in [1.82, 2.24) is 5.32 Å². The van der Waals surface area contributed by atoms with Crippen LogP contribution in [0, 0.1) is 11.7 Å². The molecule has 0 bridgehead atoms. The molecule has 0 saturated heterocycles. The van der Waals surface area contributed by atoms with Gasteiger partial charge >= 0.3 is 0 Å². The zero-order valence-corrected chi connectivity index (χ0v) is 14.1. The van der Waals surface area contributed by atoms with Crippen LogP contribution in [-0.2, 0) is 4.79 Å². The number of carbonyl (C=O) groups excluding carboxylic acids is 1. The van der Waals surface area contributed by atoms with E-state index in [1.165, 1.54) is 31.4 Å². The number of nitrogens with one attached hydrogen (secondary N) is 1. The lowest BCUT2D eigenvalue weighted by molar-refractivity contribution is -0.122. The van der Waals surface area contributed by atoms with Gasteiger partial charge in [-0.3, -0.25) is 4.79 Å². The van der Waals surface area contributed by atoms with E-state index in [0.717, 1.165) is 12.8 Å². The largest absolute Gasteiger partial charge is 0.493 e. The maximum atomic E-state index is 12.8. The Kier molecular flexibility index (Phi) is 8.95. The minimum Gasteiger partial charge on any atom is -0.493 e. The minimum atomic E-state index is -0.302. The fraction of sp³-hybridized carbons (Fsp3) is 0.588. The highest BCUT2D eigenvalue weighted by Gasteiger charge is 2.23. The summed E-state index contributed by atoms with van der Waals surface area (Å²) in [4.78, 5) is 12.0. The van der Waals surface area contributed by atoms with Crippen LogP contribution in [-0.4, -0.2) is 25.1 Å². The third-order valence-corrected chi connectivity index (χ3v) is 4.23. The number of ether oxygens (including phenoxy) is 1. The zero-order valence-electron chi connectivity index (χ0n) is 13.3. The molecule has 1 aromatic rings. The second-order valence-electron chi connectivity index (χ2n) is 5.86. The number of amides is 1. The Hall–Kier alpha value is -1.33. The van der Waals surface area contributed by atoms with Crippen LogP contribution in [0.5, 0.6) is 5.75 Å². The van der Waals surface area contributed by atoms with Gasteiger partial charge in [0.05, 0.1) is 13.0 Å². The van der Waals surface area contributed by atoms with Crippen LogP contribution in [0.15, 0.2) is 24.3 Å². The summed E-state index contributed by atoms with van der Waals surface area (Å²) in [7, 11) is 0. The second-order valence-corrected chi connectivity index (χ2v) is 5.86. The topological polar surface area (TPSA) is 64.3 Å². The molecule has 6 heteroatoms. The van der Waals surface area contributed by atoms with Crippen LogP contribution in [0.1, 0.15) is 38.5 Å². The molecular formula is C17H26ClFN2O2. The molecule has 0 spiro atoms. The first-order chi connectivity index (χ1) is 10.7. The maximum Gasteiger partial charge on any atom is 0.223 e. The predicted octanol–water partition coefficient (Wildman–Crippen LogP) is 3.04. The second kappa shape index (κ2) is 10.4. The molecule has 1 atom stereocenters. The molecule has 1 aromatic carbocycles. The number of rotatable bonds is 7. The van der Waals surface area contributed by atoms with Crippen molar-refractivity contribution in [2.24, 2.45) is 11.7 Å². The summed E-state index contributed by atoms with van der Waals surface area (Å²) >= 11 is 0. The monoisotopic (exact) mass is 344 g/mol. The summed E-state index contributed by atoms with van der Waals surface area (Å²) in [6.45, 7) is 0.759. The molecule has 1 aliphatic rings. The molecule has 3 N–H and O–H groups in total. The van der Waals surface area contributed by atoms with Gasteiger partial charge in [0.15, 0.2) is 0 Å². The Morgan fingerprint density at radius 1 is 1.26 bits per heavy atom. The van der Waals surface area contributed by atoms with E-state index in [1.807, 2.05) is 0 Å². The molecule has 0 aromatic heterocycles. The average Bonchev–Trinajstić information content (AvgIpc) is 2.55. The van der Waals surface area contributed by atoms with Gasteiger partial charge in [-0.2, -0.15) is 0 Å². The number of hydrogen-bond acceptors (Lipinski definition) is 3. The lowest BCUT2D eigenvalue weighted by Crippen LogP contribution is -2.46. The lowest BCUT2D eigenvalue weighted by atomic mass is 9.84. The summed E-state index contributed by atoms with van der Waals surface area (Å²) in [6.07, 6.45) is 6.31. The summed E-state index contributed by atoms with van der Waals surface area (Å²) in [6, 6.07) is 5.85. The molecule has 1 unspecified atom stereocenters. The summed E-state index contributed by atoms with van der Waals surface area (Å²) in [5, 5.41) is 3.03. The Morgan fingerprint density at radius 3 is 2.52 bits per heavy atom. The Labute approximate surface area is 143 Å². The fourth-order valence-corrected chi connectivity index (χ4v) is 2.98. The number of halogens is 2. The van der Waals surface area contributed by atoms with E-state index in [1.54, 1.807) is 12.1 Å². The first-order valence-electron chi connectivity index (χ1n) is 8.07. The van der Waals surface area contributed by atoms with E-state index in [2.05, 4.69) is 5.32 Å². The van der Waals surface area contributed by atoms with Gasteiger partial charge in [0, 0.05) is 12.6 Å². The van der Waals surface area contributed by atoms with Gasteiger partial charge in [-0.05, 0) is 43.0 Å². The van der Waals surface area contributed by atoms with Crippen molar-refractivity contribution in [1.29, 1.82) is 0 Å². The van der Waals surface area contributed by atoms with Gasteiger partial charge in [-0.15, -0.1) is 12.4 Å². The van der Waals surface area contributed by atoms with Crippen molar-refractivity contribution >= 4 is 18.3 Å². The van der Waals surface area contributed by atoms with Gasteiger partial charge in [0.2, 0.25) is 5.91 Å². The highest BCUT2D eigenvalue weighted by molar-refractivity contribution is 5.85. The van der Waals surface area contributed by atoms with Crippen molar-refractivity contribution in [3.8, 4) is 5.75 Å². The quantitative estimate of drug-likeness (QED) is 0.799. The highest BCUT2D eigenvalue weighted by atomic mass is 35.5. The van der Waals surface area contributed by atoms with Crippen LogP contribution in [0.3, 0.4) is 0 Å². The Bertz CT molecular complexity index is 464. The van der Waals surface area contributed by atoms with Gasteiger partial charge in [-0.25, -0.2) is 4.39 Å². The van der Waals surface area contributed by atoms with Crippen LogP contribution in [0.4, 0.5) is 4.39 Å². The summed E-state index contributed by atoms with van der Waals surface area (Å²) in [5.74, 6) is 0.726. The van der Waals surface area contributed by atoms with Gasteiger partial charge in [0.1, 0.15) is 11.6 Å². The molecule has 0 aliphatic heterocycles. The normalized spacial score (nSPS) is 16.3. The van der Waals surface area contributed by atoms with Crippen molar-refractivity contribution in [2.75, 3.05) is 13.2 Å². The van der Waals surface area contributed by atoms with Crippen molar-refractivity contribution in [2.45, 2.75) is 44.6 Å². The molecule has 0 radical (unpaired) electrons. The third kappa shape index (κ3) is 6.75. The first-order valence-corrected chi connectivity index (χ1v) is 8.07. The molecule has 1 aliphatic carbocycles. The van der Waals surface area contributed by atoms with Crippen molar-refractivity contribution in [3.63, 3.8) is 0 Å². The number of benzene rings is 1. The molecule has 2 rings (SSSR count). The van der Waals surface area contributed by atoms with E-state index in [4.69, 9.17) is 10.5 Å². The minimum absolute atomic E-state index is 0. The number of carbonyl (C=O) groups is 1. The van der Waals surface area contributed by atoms with E-state index in [0.29, 0.717) is 18.2 Å².